The molecule has 0 spiro atoms. The molecule has 3 rings (SSSR count). The molecule has 1 aromatic carbocycles. The summed E-state index contributed by atoms with van der Waals surface area (Å²) in [5, 5.41) is 14.8. The molecule has 2 heterocycles. The standard InChI is InChI=1S/C16H18N4O3S2/c1-3-6-17-15-19-20-16(25-15)24-8-14(21)18-10(2)11-4-5-12-13(7-11)23-9-22-12/h3-5,7,10H,1,6,8-9H2,2H3,(H,17,19)(H,18,21)/t10-/m1/s1. The minimum absolute atomic E-state index is 0.0639. The van der Waals surface area contributed by atoms with Gasteiger partial charge in [0.2, 0.25) is 17.8 Å². The first kappa shape index (κ1) is 17.6. The second-order valence-electron chi connectivity index (χ2n) is 5.23. The number of nitrogens with one attached hydrogen (secondary N) is 2. The van der Waals surface area contributed by atoms with Crippen molar-refractivity contribution in [3.63, 3.8) is 0 Å². The van der Waals surface area contributed by atoms with Gasteiger partial charge >= 0.3 is 0 Å². The summed E-state index contributed by atoms with van der Waals surface area (Å²) in [6, 6.07) is 5.55. The number of hydrogen-bond acceptors (Lipinski definition) is 8. The first-order valence-electron chi connectivity index (χ1n) is 7.65. The fourth-order valence-corrected chi connectivity index (χ4v) is 3.75. The molecule has 1 aliphatic heterocycles. The Balaban J connectivity index is 1.48. The van der Waals surface area contributed by atoms with E-state index >= 15 is 0 Å². The minimum Gasteiger partial charge on any atom is -0.454 e. The smallest absolute Gasteiger partial charge is 0.231 e. The number of fused-ring (bicyclic) bond motifs is 1. The molecule has 0 saturated carbocycles. The third-order valence-electron chi connectivity index (χ3n) is 3.40. The molecule has 1 aromatic heterocycles. The van der Waals surface area contributed by atoms with E-state index in [1.165, 1.54) is 23.1 Å². The lowest BCUT2D eigenvalue weighted by Crippen LogP contribution is -2.28. The van der Waals surface area contributed by atoms with Gasteiger partial charge in [-0.1, -0.05) is 35.2 Å². The molecular weight excluding hydrogens is 360 g/mol. The highest BCUT2D eigenvalue weighted by molar-refractivity contribution is 8.01. The number of carbonyl (C=O) groups excluding carboxylic acids is 1. The number of rotatable bonds is 8. The lowest BCUT2D eigenvalue weighted by Gasteiger charge is -2.14. The summed E-state index contributed by atoms with van der Waals surface area (Å²) >= 11 is 2.78. The number of benzene rings is 1. The van der Waals surface area contributed by atoms with Gasteiger partial charge in [-0.2, -0.15) is 0 Å². The summed E-state index contributed by atoms with van der Waals surface area (Å²) in [5.41, 5.74) is 0.967. The van der Waals surface area contributed by atoms with Gasteiger partial charge < -0.3 is 20.1 Å². The quantitative estimate of drug-likeness (QED) is 0.540. The van der Waals surface area contributed by atoms with Crippen LogP contribution in [-0.4, -0.2) is 35.2 Å². The zero-order chi connectivity index (χ0) is 17.6. The van der Waals surface area contributed by atoms with Crippen molar-refractivity contribution >= 4 is 34.1 Å². The second kappa shape index (κ2) is 8.21. The molecule has 25 heavy (non-hydrogen) atoms. The molecule has 0 aliphatic carbocycles. The Bertz CT molecular complexity index is 766. The Morgan fingerprint density at radius 2 is 2.28 bits per heavy atom. The lowest BCUT2D eigenvalue weighted by atomic mass is 10.1. The van der Waals surface area contributed by atoms with Crippen LogP contribution in [0.25, 0.3) is 0 Å². The summed E-state index contributed by atoms with van der Waals surface area (Å²) in [6.07, 6.45) is 1.75. The molecule has 0 fully saturated rings. The summed E-state index contributed by atoms with van der Waals surface area (Å²) in [5.74, 6) is 1.66. The molecule has 1 atom stereocenters. The summed E-state index contributed by atoms with van der Waals surface area (Å²) in [6.45, 7) is 6.44. The molecule has 9 heteroatoms. The number of carbonyl (C=O) groups is 1. The topological polar surface area (TPSA) is 85.4 Å². The lowest BCUT2D eigenvalue weighted by molar-refractivity contribution is -0.119. The Morgan fingerprint density at radius 1 is 1.44 bits per heavy atom. The van der Waals surface area contributed by atoms with Crippen molar-refractivity contribution in [3.05, 3.63) is 36.4 Å². The molecular formula is C16H18N4O3S2. The van der Waals surface area contributed by atoms with Crippen molar-refractivity contribution in [2.24, 2.45) is 0 Å². The Labute approximate surface area is 153 Å². The van der Waals surface area contributed by atoms with Gasteiger partial charge in [-0.15, -0.1) is 16.8 Å². The predicted molar refractivity (Wildman–Crippen MR) is 98.4 cm³/mol. The zero-order valence-corrected chi connectivity index (χ0v) is 15.3. The van der Waals surface area contributed by atoms with Gasteiger partial charge in [0.15, 0.2) is 15.8 Å². The maximum absolute atomic E-state index is 12.2. The molecule has 0 radical (unpaired) electrons. The van der Waals surface area contributed by atoms with Gasteiger partial charge in [0.1, 0.15) is 0 Å². The van der Waals surface area contributed by atoms with Gasteiger partial charge in [0.25, 0.3) is 0 Å². The van der Waals surface area contributed by atoms with Crippen molar-refractivity contribution in [3.8, 4) is 11.5 Å². The van der Waals surface area contributed by atoms with Crippen molar-refractivity contribution in [2.45, 2.75) is 17.3 Å². The largest absolute Gasteiger partial charge is 0.454 e. The van der Waals surface area contributed by atoms with E-state index in [9.17, 15) is 4.79 Å². The Morgan fingerprint density at radius 3 is 3.12 bits per heavy atom. The first-order valence-corrected chi connectivity index (χ1v) is 9.46. The summed E-state index contributed by atoms with van der Waals surface area (Å²) in [7, 11) is 0. The molecule has 0 bridgehead atoms. The predicted octanol–water partition coefficient (Wildman–Crippen LogP) is 2.83. The number of ether oxygens (including phenoxy) is 2. The van der Waals surface area contributed by atoms with Crippen LogP contribution >= 0.6 is 23.1 Å². The van der Waals surface area contributed by atoms with Crippen LogP contribution in [0.1, 0.15) is 18.5 Å². The molecule has 2 aromatic rings. The van der Waals surface area contributed by atoms with Crippen LogP contribution in [0.3, 0.4) is 0 Å². The van der Waals surface area contributed by atoms with E-state index in [4.69, 9.17) is 9.47 Å². The molecule has 1 amide bonds. The number of nitrogens with zero attached hydrogens (tertiary/aromatic N) is 2. The summed E-state index contributed by atoms with van der Waals surface area (Å²) < 4.78 is 11.4. The molecule has 7 nitrogen and oxygen atoms in total. The van der Waals surface area contributed by atoms with Crippen molar-refractivity contribution in [1.82, 2.24) is 15.5 Å². The van der Waals surface area contributed by atoms with Crippen LogP contribution in [0.15, 0.2) is 35.2 Å². The number of amides is 1. The molecule has 132 valence electrons. The third kappa shape index (κ3) is 4.64. The van der Waals surface area contributed by atoms with Crippen molar-refractivity contribution < 1.29 is 14.3 Å². The van der Waals surface area contributed by atoms with E-state index in [2.05, 4.69) is 27.4 Å². The van der Waals surface area contributed by atoms with Crippen LogP contribution in [0.2, 0.25) is 0 Å². The molecule has 0 saturated heterocycles. The highest BCUT2D eigenvalue weighted by atomic mass is 32.2. The van der Waals surface area contributed by atoms with Crippen LogP contribution in [-0.2, 0) is 4.79 Å². The van der Waals surface area contributed by atoms with Gasteiger partial charge in [-0.25, -0.2) is 0 Å². The van der Waals surface area contributed by atoms with Crippen molar-refractivity contribution in [2.75, 3.05) is 24.4 Å². The fourth-order valence-electron chi connectivity index (χ4n) is 2.18. The maximum Gasteiger partial charge on any atom is 0.231 e. The molecule has 2 N–H and O–H groups in total. The number of aromatic nitrogens is 2. The van der Waals surface area contributed by atoms with Crippen LogP contribution in [0.5, 0.6) is 11.5 Å². The normalized spacial score (nSPS) is 13.3. The van der Waals surface area contributed by atoms with E-state index in [1.54, 1.807) is 6.08 Å². The van der Waals surface area contributed by atoms with Gasteiger partial charge in [0, 0.05) is 6.54 Å². The third-order valence-corrected chi connectivity index (χ3v) is 5.42. The average Bonchev–Trinajstić information content (AvgIpc) is 3.26. The van der Waals surface area contributed by atoms with Crippen LogP contribution in [0.4, 0.5) is 5.13 Å². The van der Waals surface area contributed by atoms with E-state index < -0.39 is 0 Å². The maximum atomic E-state index is 12.2. The fraction of sp³-hybridized carbons (Fsp3) is 0.312. The van der Waals surface area contributed by atoms with E-state index in [1.807, 2.05) is 25.1 Å². The highest BCUT2D eigenvalue weighted by Gasteiger charge is 2.17. The van der Waals surface area contributed by atoms with Gasteiger partial charge in [-0.05, 0) is 24.6 Å². The Kier molecular flexibility index (Phi) is 5.77. The number of hydrogen-bond donors (Lipinski definition) is 2. The van der Waals surface area contributed by atoms with E-state index in [-0.39, 0.29) is 24.5 Å². The SMILES string of the molecule is C=CCNc1nnc(SCC(=O)N[C@H](C)c2ccc3c(c2)OCO3)s1. The number of anilines is 1. The van der Waals surface area contributed by atoms with Crippen LogP contribution < -0.4 is 20.1 Å². The zero-order valence-electron chi connectivity index (χ0n) is 13.7. The van der Waals surface area contributed by atoms with Crippen LogP contribution in [0, 0.1) is 0 Å². The second-order valence-corrected chi connectivity index (χ2v) is 7.43. The van der Waals surface area contributed by atoms with E-state index in [0.717, 1.165) is 20.8 Å². The van der Waals surface area contributed by atoms with E-state index in [0.29, 0.717) is 12.3 Å². The van der Waals surface area contributed by atoms with Crippen molar-refractivity contribution in [1.29, 1.82) is 0 Å². The van der Waals surface area contributed by atoms with Gasteiger partial charge in [-0.3, -0.25) is 4.79 Å². The molecule has 1 aliphatic rings. The average molecular weight is 378 g/mol. The first-order chi connectivity index (χ1) is 12.2. The Hall–Kier alpha value is -2.26. The van der Waals surface area contributed by atoms with Gasteiger partial charge in [0.05, 0.1) is 11.8 Å². The minimum atomic E-state index is -0.123. The monoisotopic (exact) mass is 378 g/mol. The number of thioether (sulfide) groups is 1. The highest BCUT2D eigenvalue weighted by Crippen LogP contribution is 2.34. The summed E-state index contributed by atoms with van der Waals surface area (Å²) in [4.78, 5) is 12.2. The molecule has 0 unspecified atom stereocenters.